The molecule has 0 saturated heterocycles. The number of ether oxygens (including phenoxy) is 1. The number of hydrogen-bond donors (Lipinski definition) is 1. The number of rotatable bonds is 5. The van der Waals surface area contributed by atoms with Crippen LogP contribution in [0, 0.1) is 6.92 Å². The molecule has 0 spiro atoms. The summed E-state index contributed by atoms with van der Waals surface area (Å²) in [6.45, 7) is 2.02. The maximum absolute atomic E-state index is 5.79. The number of pyridine rings is 1. The van der Waals surface area contributed by atoms with Crippen molar-refractivity contribution >= 4 is 0 Å². The predicted molar refractivity (Wildman–Crippen MR) is 80.0 cm³/mol. The Balaban J connectivity index is 1.81. The van der Waals surface area contributed by atoms with Gasteiger partial charge in [0, 0.05) is 11.9 Å². The van der Waals surface area contributed by atoms with Crippen molar-refractivity contribution in [2.45, 2.75) is 31.9 Å². The lowest BCUT2D eigenvalue weighted by Crippen LogP contribution is -2.17. The van der Waals surface area contributed by atoms with Gasteiger partial charge in [0.05, 0.1) is 12.1 Å². The van der Waals surface area contributed by atoms with Gasteiger partial charge >= 0.3 is 0 Å². The van der Waals surface area contributed by atoms with Crippen molar-refractivity contribution in [1.82, 2.24) is 10.3 Å². The Labute approximate surface area is 120 Å². The second kappa shape index (κ2) is 5.63. The molecule has 2 aromatic rings. The maximum Gasteiger partial charge on any atom is 0.119 e. The average Bonchev–Trinajstić information content (AvgIpc) is 3.26. The Bertz CT molecular complexity index is 576. The molecule has 3 rings (SSSR count). The van der Waals surface area contributed by atoms with Crippen LogP contribution in [0.4, 0.5) is 0 Å². The second-order valence-electron chi connectivity index (χ2n) is 5.34. The van der Waals surface area contributed by atoms with Crippen LogP contribution in [0.25, 0.3) is 0 Å². The zero-order valence-corrected chi connectivity index (χ0v) is 12.0. The molecule has 104 valence electrons. The summed E-state index contributed by atoms with van der Waals surface area (Å²) in [7, 11) is 1.98. The monoisotopic (exact) mass is 268 g/mol. The SMILES string of the molecule is CNC(c1ccc(OC2CC2)cc1)c1ccnc(C)c1. The molecule has 1 aromatic heterocycles. The van der Waals surface area contributed by atoms with Crippen molar-refractivity contribution in [3.63, 3.8) is 0 Å². The van der Waals surface area contributed by atoms with Crippen molar-refractivity contribution < 1.29 is 4.74 Å². The quantitative estimate of drug-likeness (QED) is 0.904. The van der Waals surface area contributed by atoms with Crippen LogP contribution in [-0.2, 0) is 0 Å². The summed E-state index contributed by atoms with van der Waals surface area (Å²) in [6.07, 6.45) is 4.69. The Morgan fingerprint density at radius 3 is 2.50 bits per heavy atom. The lowest BCUT2D eigenvalue weighted by molar-refractivity contribution is 0.303. The molecule has 1 aliphatic carbocycles. The van der Waals surface area contributed by atoms with E-state index in [0.29, 0.717) is 6.10 Å². The first kappa shape index (κ1) is 13.1. The molecule has 1 heterocycles. The molecule has 1 saturated carbocycles. The van der Waals surface area contributed by atoms with E-state index in [1.165, 1.54) is 24.0 Å². The third kappa shape index (κ3) is 2.99. The summed E-state index contributed by atoms with van der Waals surface area (Å²) in [5.41, 5.74) is 3.51. The van der Waals surface area contributed by atoms with E-state index in [4.69, 9.17) is 4.74 Å². The molecule has 1 aromatic carbocycles. The second-order valence-corrected chi connectivity index (χ2v) is 5.34. The van der Waals surface area contributed by atoms with Crippen LogP contribution in [0.5, 0.6) is 5.75 Å². The van der Waals surface area contributed by atoms with Gasteiger partial charge in [0.15, 0.2) is 0 Å². The fourth-order valence-electron chi connectivity index (χ4n) is 2.39. The van der Waals surface area contributed by atoms with Crippen LogP contribution in [0.3, 0.4) is 0 Å². The van der Waals surface area contributed by atoms with E-state index in [0.717, 1.165) is 11.4 Å². The molecule has 1 N–H and O–H groups in total. The van der Waals surface area contributed by atoms with Crippen molar-refractivity contribution in [2.75, 3.05) is 7.05 Å². The van der Waals surface area contributed by atoms with E-state index in [1.54, 1.807) is 0 Å². The highest BCUT2D eigenvalue weighted by atomic mass is 16.5. The summed E-state index contributed by atoms with van der Waals surface area (Å²) in [5, 5.41) is 3.37. The number of aryl methyl sites for hydroxylation is 1. The highest BCUT2D eigenvalue weighted by molar-refractivity contribution is 5.35. The number of hydrogen-bond acceptors (Lipinski definition) is 3. The molecule has 3 heteroatoms. The van der Waals surface area contributed by atoms with Crippen molar-refractivity contribution in [3.8, 4) is 5.75 Å². The van der Waals surface area contributed by atoms with Gasteiger partial charge < -0.3 is 10.1 Å². The Hall–Kier alpha value is -1.87. The molecule has 0 amide bonds. The van der Waals surface area contributed by atoms with E-state index in [-0.39, 0.29) is 6.04 Å². The minimum atomic E-state index is 0.187. The Morgan fingerprint density at radius 1 is 1.15 bits per heavy atom. The summed E-state index contributed by atoms with van der Waals surface area (Å²) >= 11 is 0. The van der Waals surface area contributed by atoms with Gasteiger partial charge in [0.2, 0.25) is 0 Å². The number of aromatic nitrogens is 1. The van der Waals surface area contributed by atoms with Crippen LogP contribution in [0.2, 0.25) is 0 Å². The van der Waals surface area contributed by atoms with Crippen LogP contribution in [0.1, 0.15) is 35.7 Å². The molecule has 0 aliphatic heterocycles. The zero-order chi connectivity index (χ0) is 13.9. The predicted octanol–water partition coefficient (Wildman–Crippen LogP) is 3.24. The van der Waals surface area contributed by atoms with E-state index >= 15 is 0 Å². The molecule has 0 radical (unpaired) electrons. The number of nitrogens with zero attached hydrogens (tertiary/aromatic N) is 1. The Morgan fingerprint density at radius 2 is 1.90 bits per heavy atom. The van der Waals surface area contributed by atoms with Gasteiger partial charge in [0.25, 0.3) is 0 Å². The van der Waals surface area contributed by atoms with Crippen molar-refractivity contribution in [3.05, 3.63) is 59.4 Å². The van der Waals surface area contributed by atoms with Gasteiger partial charge in [-0.05, 0) is 62.2 Å². The Kier molecular flexibility index (Phi) is 3.70. The van der Waals surface area contributed by atoms with Crippen molar-refractivity contribution in [2.24, 2.45) is 0 Å². The summed E-state index contributed by atoms with van der Waals surface area (Å²) < 4.78 is 5.79. The molecule has 0 bridgehead atoms. The minimum Gasteiger partial charge on any atom is -0.490 e. The van der Waals surface area contributed by atoms with E-state index in [9.17, 15) is 0 Å². The molecule has 1 aliphatic rings. The summed E-state index contributed by atoms with van der Waals surface area (Å²) in [4.78, 5) is 4.26. The number of benzene rings is 1. The van der Waals surface area contributed by atoms with Crippen molar-refractivity contribution in [1.29, 1.82) is 0 Å². The van der Waals surface area contributed by atoms with Crippen LogP contribution in [0.15, 0.2) is 42.6 Å². The summed E-state index contributed by atoms with van der Waals surface area (Å²) in [5.74, 6) is 0.969. The first-order valence-electron chi connectivity index (χ1n) is 7.12. The number of nitrogens with one attached hydrogen (secondary N) is 1. The first-order valence-corrected chi connectivity index (χ1v) is 7.12. The molecule has 1 atom stereocenters. The summed E-state index contributed by atoms with van der Waals surface area (Å²) in [6, 6.07) is 12.8. The van der Waals surface area contributed by atoms with Gasteiger partial charge in [0.1, 0.15) is 5.75 Å². The largest absolute Gasteiger partial charge is 0.490 e. The van der Waals surface area contributed by atoms with Crippen LogP contribution in [-0.4, -0.2) is 18.1 Å². The minimum absolute atomic E-state index is 0.187. The normalized spacial score (nSPS) is 15.9. The third-order valence-corrected chi connectivity index (χ3v) is 3.58. The van der Waals surface area contributed by atoms with Gasteiger partial charge in [-0.2, -0.15) is 0 Å². The van der Waals surface area contributed by atoms with Gasteiger partial charge in [-0.15, -0.1) is 0 Å². The highest BCUT2D eigenvalue weighted by Gasteiger charge is 2.23. The average molecular weight is 268 g/mol. The highest BCUT2D eigenvalue weighted by Crippen LogP contribution is 2.28. The van der Waals surface area contributed by atoms with Gasteiger partial charge in [-0.25, -0.2) is 0 Å². The van der Waals surface area contributed by atoms with Crippen LogP contribution >= 0.6 is 0 Å². The molecular formula is C17H20N2O. The lowest BCUT2D eigenvalue weighted by atomic mass is 9.99. The zero-order valence-electron chi connectivity index (χ0n) is 12.0. The first-order chi connectivity index (χ1) is 9.76. The third-order valence-electron chi connectivity index (χ3n) is 3.58. The van der Waals surface area contributed by atoms with Gasteiger partial charge in [-0.1, -0.05) is 12.1 Å². The lowest BCUT2D eigenvalue weighted by Gasteiger charge is -2.18. The molecular weight excluding hydrogens is 248 g/mol. The smallest absolute Gasteiger partial charge is 0.119 e. The maximum atomic E-state index is 5.79. The van der Waals surface area contributed by atoms with Crippen LogP contribution < -0.4 is 10.1 Å². The van der Waals surface area contributed by atoms with Gasteiger partial charge in [-0.3, -0.25) is 4.98 Å². The standard InChI is InChI=1S/C17H20N2O/c1-12-11-14(9-10-19-12)17(18-2)13-3-5-15(6-4-13)20-16-7-8-16/h3-6,9-11,16-18H,7-8H2,1-2H3. The molecule has 1 fully saturated rings. The topological polar surface area (TPSA) is 34.1 Å². The van der Waals surface area contributed by atoms with E-state index in [2.05, 4.69) is 46.7 Å². The van der Waals surface area contributed by atoms with E-state index < -0.39 is 0 Å². The molecule has 1 unspecified atom stereocenters. The molecule has 3 nitrogen and oxygen atoms in total. The fraction of sp³-hybridized carbons (Fsp3) is 0.353. The fourth-order valence-corrected chi connectivity index (χ4v) is 2.39. The van der Waals surface area contributed by atoms with E-state index in [1.807, 2.05) is 20.2 Å². The molecule has 20 heavy (non-hydrogen) atoms.